The highest BCUT2D eigenvalue weighted by Crippen LogP contribution is 2.36. The fourth-order valence-electron chi connectivity index (χ4n) is 2.24. The van der Waals surface area contributed by atoms with Crippen molar-refractivity contribution in [3.8, 4) is 0 Å². The lowest BCUT2D eigenvalue weighted by molar-refractivity contribution is -0.880. The second kappa shape index (κ2) is 5.28. The summed E-state index contributed by atoms with van der Waals surface area (Å²) in [4.78, 5) is 13.3. The highest BCUT2D eigenvalue weighted by atomic mass is 19.4. The molecule has 0 unspecified atom stereocenters. The van der Waals surface area contributed by atoms with Crippen LogP contribution in [0.15, 0.2) is 18.2 Å². The molecular formula is C12H15F3N3O2+. The van der Waals surface area contributed by atoms with Crippen LogP contribution in [-0.2, 0) is 6.18 Å². The van der Waals surface area contributed by atoms with Crippen molar-refractivity contribution < 1.29 is 23.0 Å². The molecule has 0 amide bonds. The second-order valence-corrected chi connectivity index (χ2v) is 4.90. The van der Waals surface area contributed by atoms with Crippen LogP contribution >= 0.6 is 0 Å². The number of nitro benzene ring substituents is 1. The number of alkyl halides is 3. The van der Waals surface area contributed by atoms with Gasteiger partial charge >= 0.3 is 6.18 Å². The number of benzene rings is 1. The van der Waals surface area contributed by atoms with Crippen molar-refractivity contribution in [3.63, 3.8) is 0 Å². The van der Waals surface area contributed by atoms with E-state index in [4.69, 9.17) is 0 Å². The number of rotatable bonds is 2. The van der Waals surface area contributed by atoms with E-state index in [1.807, 2.05) is 7.05 Å². The number of anilines is 1. The van der Waals surface area contributed by atoms with Crippen LogP contribution in [0.25, 0.3) is 0 Å². The Kier molecular flexibility index (Phi) is 3.85. The Morgan fingerprint density at radius 1 is 1.30 bits per heavy atom. The van der Waals surface area contributed by atoms with E-state index >= 15 is 0 Å². The van der Waals surface area contributed by atoms with Gasteiger partial charge in [0.15, 0.2) is 0 Å². The lowest BCUT2D eigenvalue weighted by atomic mass is 10.1. The van der Waals surface area contributed by atoms with Crippen molar-refractivity contribution >= 4 is 11.4 Å². The number of halogens is 3. The van der Waals surface area contributed by atoms with E-state index in [9.17, 15) is 23.3 Å². The van der Waals surface area contributed by atoms with Crippen LogP contribution in [0.2, 0.25) is 0 Å². The minimum absolute atomic E-state index is 0.260. The smallest absolute Gasteiger partial charge is 0.355 e. The second-order valence-electron chi connectivity index (χ2n) is 4.90. The molecule has 0 saturated carbocycles. The molecule has 1 aromatic carbocycles. The number of quaternary nitrogens is 1. The number of nitro groups is 1. The predicted molar refractivity (Wildman–Crippen MR) is 66.9 cm³/mol. The van der Waals surface area contributed by atoms with Gasteiger partial charge in [-0.05, 0) is 12.1 Å². The number of hydrogen-bond donors (Lipinski definition) is 1. The van der Waals surface area contributed by atoms with Gasteiger partial charge in [-0.25, -0.2) is 0 Å². The van der Waals surface area contributed by atoms with Gasteiger partial charge in [-0.1, -0.05) is 0 Å². The van der Waals surface area contributed by atoms with Gasteiger partial charge < -0.3 is 9.80 Å². The maximum atomic E-state index is 12.6. The summed E-state index contributed by atoms with van der Waals surface area (Å²) >= 11 is 0. The molecule has 0 bridgehead atoms. The van der Waals surface area contributed by atoms with E-state index in [1.165, 1.54) is 11.0 Å². The zero-order valence-corrected chi connectivity index (χ0v) is 10.9. The monoisotopic (exact) mass is 290 g/mol. The summed E-state index contributed by atoms with van der Waals surface area (Å²) in [5.41, 5.74) is -1.22. The maximum absolute atomic E-state index is 12.6. The Morgan fingerprint density at radius 2 is 1.90 bits per heavy atom. The van der Waals surface area contributed by atoms with Crippen molar-refractivity contribution in [1.82, 2.24) is 0 Å². The van der Waals surface area contributed by atoms with E-state index in [-0.39, 0.29) is 5.69 Å². The predicted octanol–water partition coefficient (Wildman–Crippen LogP) is 0.948. The van der Waals surface area contributed by atoms with Crippen LogP contribution in [0.5, 0.6) is 0 Å². The summed E-state index contributed by atoms with van der Waals surface area (Å²) in [6.45, 7) is 2.80. The quantitative estimate of drug-likeness (QED) is 0.652. The van der Waals surface area contributed by atoms with Gasteiger partial charge in [-0.15, -0.1) is 0 Å². The van der Waals surface area contributed by atoms with Crippen molar-refractivity contribution in [3.05, 3.63) is 33.9 Å². The molecule has 1 aromatic rings. The molecule has 0 aliphatic carbocycles. The third-order valence-corrected chi connectivity index (χ3v) is 3.46. The topological polar surface area (TPSA) is 50.8 Å². The first-order valence-electron chi connectivity index (χ1n) is 6.21. The third-order valence-electron chi connectivity index (χ3n) is 3.46. The van der Waals surface area contributed by atoms with Gasteiger partial charge in [0.05, 0.1) is 43.7 Å². The molecule has 0 atom stereocenters. The third kappa shape index (κ3) is 3.01. The molecule has 1 N–H and O–H groups in total. The van der Waals surface area contributed by atoms with Crippen LogP contribution in [-0.4, -0.2) is 38.2 Å². The molecule has 0 radical (unpaired) electrons. The number of hydrogen-bond acceptors (Lipinski definition) is 3. The van der Waals surface area contributed by atoms with E-state index in [1.54, 1.807) is 4.90 Å². The average molecular weight is 290 g/mol. The summed E-state index contributed by atoms with van der Waals surface area (Å²) in [5.74, 6) is 0. The van der Waals surface area contributed by atoms with Crippen molar-refractivity contribution in [1.29, 1.82) is 0 Å². The SMILES string of the molecule is C[NH+]1CCN(c2ccc(C(F)(F)F)cc2[N+](=O)[O-])CC1. The van der Waals surface area contributed by atoms with Crippen LogP contribution in [0.4, 0.5) is 24.5 Å². The Balaban J connectivity index is 2.36. The zero-order valence-electron chi connectivity index (χ0n) is 10.9. The maximum Gasteiger partial charge on any atom is 0.416 e. The van der Waals surface area contributed by atoms with Crippen LogP contribution < -0.4 is 9.80 Å². The molecule has 110 valence electrons. The molecule has 8 heteroatoms. The Hall–Kier alpha value is -1.83. The Bertz CT molecular complexity index is 511. The van der Waals surface area contributed by atoms with Gasteiger partial charge in [-0.2, -0.15) is 13.2 Å². The lowest BCUT2D eigenvalue weighted by Crippen LogP contribution is -3.12. The minimum Gasteiger partial charge on any atom is -0.355 e. The minimum atomic E-state index is -4.57. The largest absolute Gasteiger partial charge is 0.416 e. The average Bonchev–Trinajstić information content (AvgIpc) is 2.38. The Morgan fingerprint density at radius 3 is 2.40 bits per heavy atom. The van der Waals surface area contributed by atoms with Crippen molar-refractivity contribution in [2.45, 2.75) is 6.18 Å². The first-order chi connectivity index (χ1) is 9.29. The standard InChI is InChI=1S/C12H14F3N3O2/c1-16-4-6-17(7-5-16)10-3-2-9(12(13,14)15)8-11(10)18(19)20/h2-3,8H,4-7H2,1H3/p+1. The number of piperazine rings is 1. The highest BCUT2D eigenvalue weighted by molar-refractivity contribution is 5.64. The molecular weight excluding hydrogens is 275 g/mol. The first kappa shape index (κ1) is 14.6. The summed E-state index contributed by atoms with van der Waals surface area (Å²) in [6, 6.07) is 2.70. The molecule has 2 rings (SSSR count). The molecule has 1 fully saturated rings. The summed E-state index contributed by atoms with van der Waals surface area (Å²) in [5, 5.41) is 11.0. The van der Waals surface area contributed by atoms with Crippen LogP contribution in [0.3, 0.4) is 0 Å². The van der Waals surface area contributed by atoms with E-state index in [2.05, 4.69) is 0 Å². The van der Waals surface area contributed by atoms with Crippen molar-refractivity contribution in [2.75, 3.05) is 38.1 Å². The molecule has 0 aromatic heterocycles. The number of nitrogens with one attached hydrogen (secondary N) is 1. The molecule has 1 heterocycles. The molecule has 1 aliphatic rings. The summed E-state index contributed by atoms with van der Waals surface area (Å²) < 4.78 is 37.9. The number of nitrogens with zero attached hydrogens (tertiary/aromatic N) is 2. The molecule has 0 spiro atoms. The van der Waals surface area contributed by atoms with Crippen LogP contribution in [0.1, 0.15) is 5.56 Å². The van der Waals surface area contributed by atoms with Gasteiger partial charge in [0.1, 0.15) is 5.69 Å². The lowest BCUT2D eigenvalue weighted by Gasteiger charge is -2.31. The van der Waals surface area contributed by atoms with Crippen molar-refractivity contribution in [2.24, 2.45) is 0 Å². The van der Waals surface area contributed by atoms with E-state index < -0.39 is 22.4 Å². The highest BCUT2D eigenvalue weighted by Gasteiger charge is 2.34. The van der Waals surface area contributed by atoms with Gasteiger partial charge in [0.25, 0.3) is 5.69 Å². The van der Waals surface area contributed by atoms with Gasteiger partial charge in [0, 0.05) is 6.07 Å². The summed E-state index contributed by atoms with van der Waals surface area (Å²) in [7, 11) is 2.01. The molecule has 5 nitrogen and oxygen atoms in total. The molecule has 20 heavy (non-hydrogen) atoms. The fourth-order valence-corrected chi connectivity index (χ4v) is 2.24. The van der Waals surface area contributed by atoms with Crippen LogP contribution in [0, 0.1) is 10.1 Å². The Labute approximate surface area is 113 Å². The normalized spacial score (nSPS) is 17.3. The first-order valence-corrected chi connectivity index (χ1v) is 6.21. The molecule has 1 aliphatic heterocycles. The molecule has 1 saturated heterocycles. The number of likely N-dealkylation sites (N-methyl/N-ethyl adjacent to an activating group) is 1. The van der Waals surface area contributed by atoms with Gasteiger partial charge in [-0.3, -0.25) is 10.1 Å². The van der Waals surface area contributed by atoms with E-state index in [0.29, 0.717) is 19.2 Å². The summed E-state index contributed by atoms with van der Waals surface area (Å²) in [6.07, 6.45) is -4.57. The fraction of sp³-hybridized carbons (Fsp3) is 0.500. The van der Waals surface area contributed by atoms with Gasteiger partial charge in [0.2, 0.25) is 0 Å². The van der Waals surface area contributed by atoms with E-state index in [0.717, 1.165) is 19.2 Å². The zero-order chi connectivity index (χ0) is 14.9.